The van der Waals surface area contributed by atoms with E-state index < -0.39 is 18.0 Å². The number of carbonyl (C=O) groups excluding carboxylic acids is 2. The fraction of sp³-hybridized carbons (Fsp3) is 0.226. The van der Waals surface area contributed by atoms with Crippen LogP contribution in [0.3, 0.4) is 0 Å². The van der Waals surface area contributed by atoms with Crippen LogP contribution in [0.4, 0.5) is 0 Å². The average molecular weight is 607 g/mol. The van der Waals surface area contributed by atoms with E-state index >= 15 is 0 Å². The molecule has 0 spiro atoms. The van der Waals surface area contributed by atoms with Gasteiger partial charge in [-0.3, -0.25) is 9.36 Å². The van der Waals surface area contributed by atoms with Crippen molar-refractivity contribution in [3.63, 3.8) is 0 Å². The minimum absolute atomic E-state index is 0.195. The van der Waals surface area contributed by atoms with Crippen molar-refractivity contribution < 1.29 is 28.5 Å². The number of ether oxygens (including phenoxy) is 4. The Morgan fingerprint density at radius 1 is 1.10 bits per heavy atom. The van der Waals surface area contributed by atoms with Crippen LogP contribution in [-0.2, 0) is 19.1 Å². The van der Waals surface area contributed by atoms with Gasteiger partial charge in [0.25, 0.3) is 5.56 Å². The largest absolute Gasteiger partial charge is 0.496 e. The first-order chi connectivity index (χ1) is 20.3. The van der Waals surface area contributed by atoms with Crippen LogP contribution in [0.2, 0.25) is 5.02 Å². The molecule has 1 aromatic heterocycles. The van der Waals surface area contributed by atoms with Crippen molar-refractivity contribution in [2.75, 3.05) is 27.4 Å². The van der Waals surface area contributed by atoms with Gasteiger partial charge in [0.15, 0.2) is 11.4 Å². The molecule has 216 valence electrons. The van der Waals surface area contributed by atoms with Crippen molar-refractivity contribution >= 4 is 51.7 Å². The Labute approximate surface area is 249 Å². The maximum Gasteiger partial charge on any atom is 0.344 e. The van der Waals surface area contributed by atoms with Gasteiger partial charge in [-0.1, -0.05) is 53.3 Å². The van der Waals surface area contributed by atoms with Gasteiger partial charge in [-0.25, -0.2) is 14.6 Å². The number of thiazole rings is 1. The fourth-order valence-corrected chi connectivity index (χ4v) is 6.14. The van der Waals surface area contributed by atoms with E-state index in [4.69, 9.17) is 30.5 Å². The zero-order valence-corrected chi connectivity index (χ0v) is 24.9. The first kappa shape index (κ1) is 29.1. The first-order valence-corrected chi connectivity index (χ1v) is 14.2. The minimum atomic E-state index is -0.906. The lowest BCUT2D eigenvalue weighted by molar-refractivity contribution is -0.145. The summed E-state index contributed by atoms with van der Waals surface area (Å²) in [6, 6.07) is 15.4. The van der Waals surface area contributed by atoms with Crippen molar-refractivity contribution in [1.29, 1.82) is 0 Å². The zero-order valence-electron chi connectivity index (χ0n) is 23.3. The van der Waals surface area contributed by atoms with Gasteiger partial charge in [-0.2, -0.15) is 0 Å². The second-order valence-corrected chi connectivity index (χ2v) is 10.7. The first-order valence-electron chi connectivity index (χ1n) is 13.0. The minimum Gasteiger partial charge on any atom is -0.496 e. The van der Waals surface area contributed by atoms with E-state index in [0.29, 0.717) is 42.7 Å². The van der Waals surface area contributed by atoms with Crippen LogP contribution >= 0.6 is 22.9 Å². The van der Waals surface area contributed by atoms with Gasteiger partial charge in [0.05, 0.1) is 36.6 Å². The Hall–Kier alpha value is -4.41. The van der Waals surface area contributed by atoms with E-state index in [1.54, 1.807) is 44.2 Å². The lowest BCUT2D eigenvalue weighted by atomic mass is 9.95. The van der Waals surface area contributed by atoms with Crippen molar-refractivity contribution in [2.24, 2.45) is 4.99 Å². The van der Waals surface area contributed by atoms with Gasteiger partial charge in [0, 0.05) is 16.1 Å². The monoisotopic (exact) mass is 606 g/mol. The summed E-state index contributed by atoms with van der Waals surface area (Å²) in [5.74, 6) is -0.274. The molecule has 5 rings (SSSR count). The number of benzene rings is 3. The van der Waals surface area contributed by atoms with Crippen LogP contribution in [0.5, 0.6) is 11.5 Å². The number of halogens is 1. The highest BCUT2D eigenvalue weighted by atomic mass is 35.5. The molecule has 0 fully saturated rings. The average Bonchev–Trinajstić information content (AvgIpc) is 3.29. The van der Waals surface area contributed by atoms with Gasteiger partial charge < -0.3 is 18.9 Å². The van der Waals surface area contributed by atoms with Crippen molar-refractivity contribution in [3.05, 3.63) is 102 Å². The summed E-state index contributed by atoms with van der Waals surface area (Å²) in [7, 11) is 2.78. The van der Waals surface area contributed by atoms with Gasteiger partial charge in [-0.15, -0.1) is 0 Å². The highest BCUT2D eigenvalue weighted by Crippen LogP contribution is 2.37. The van der Waals surface area contributed by atoms with Gasteiger partial charge >= 0.3 is 11.9 Å². The predicted octanol–water partition coefficient (Wildman–Crippen LogP) is 4.17. The van der Waals surface area contributed by atoms with Crippen LogP contribution < -0.4 is 24.4 Å². The maximum atomic E-state index is 14.2. The molecule has 4 aromatic rings. The Morgan fingerprint density at radius 3 is 2.60 bits per heavy atom. The highest BCUT2D eigenvalue weighted by molar-refractivity contribution is 7.07. The summed E-state index contributed by atoms with van der Waals surface area (Å²) in [6.45, 7) is 3.36. The Bertz CT molecular complexity index is 1930. The van der Waals surface area contributed by atoms with Gasteiger partial charge in [0.2, 0.25) is 0 Å². The predicted molar refractivity (Wildman–Crippen MR) is 160 cm³/mol. The molecule has 0 unspecified atom stereocenters. The number of nitrogens with zero attached hydrogens (tertiary/aromatic N) is 2. The SMILES string of the molecule is CCOC(=O)COc1ccc2ccccc2c1/C=c1\sc2n(c1=O)[C@H](c1cc(Cl)ccc1OC)C(C(=O)OC)=C(C)N=2. The van der Waals surface area contributed by atoms with Crippen LogP contribution in [0.15, 0.2) is 75.7 Å². The van der Waals surface area contributed by atoms with E-state index in [-0.39, 0.29) is 24.3 Å². The van der Waals surface area contributed by atoms with E-state index in [2.05, 4.69) is 4.99 Å². The molecule has 0 saturated carbocycles. The number of hydrogen-bond acceptors (Lipinski definition) is 9. The molecule has 1 aliphatic heterocycles. The molecule has 11 heteroatoms. The second-order valence-electron chi connectivity index (χ2n) is 9.25. The molecule has 0 saturated heterocycles. The number of hydrogen-bond donors (Lipinski definition) is 0. The van der Waals surface area contributed by atoms with Crippen LogP contribution in [0.1, 0.15) is 31.0 Å². The second kappa shape index (κ2) is 12.2. The lowest BCUT2D eigenvalue weighted by Crippen LogP contribution is -2.40. The van der Waals surface area contributed by atoms with Gasteiger partial charge in [0.1, 0.15) is 17.5 Å². The standard InChI is InChI=1S/C31H27ClN2O7S/c1-5-40-26(35)16-41-24-12-10-18-8-6-7-9-20(18)21(24)15-25-29(36)34-28(22-14-19(32)11-13-23(22)38-3)27(30(37)39-4)17(2)33-31(34)42-25/h6-15,28H,5,16H2,1-4H3/b25-15-/t28-/m1/s1. The summed E-state index contributed by atoms with van der Waals surface area (Å²) in [5.41, 5.74) is 1.34. The molecule has 2 heterocycles. The number of rotatable bonds is 8. The smallest absolute Gasteiger partial charge is 0.344 e. The molecule has 1 aliphatic rings. The van der Waals surface area contributed by atoms with E-state index in [9.17, 15) is 14.4 Å². The highest BCUT2D eigenvalue weighted by Gasteiger charge is 2.35. The van der Waals surface area contributed by atoms with Crippen molar-refractivity contribution in [3.8, 4) is 11.5 Å². The molecule has 0 aliphatic carbocycles. The summed E-state index contributed by atoms with van der Waals surface area (Å²) >= 11 is 7.53. The van der Waals surface area contributed by atoms with E-state index in [0.717, 1.165) is 10.8 Å². The number of allylic oxidation sites excluding steroid dienone is 1. The van der Waals surface area contributed by atoms with Crippen LogP contribution in [0.25, 0.3) is 16.8 Å². The van der Waals surface area contributed by atoms with Crippen LogP contribution in [-0.4, -0.2) is 43.9 Å². The normalized spacial score (nSPS) is 14.8. The third kappa shape index (κ3) is 5.43. The molecule has 0 amide bonds. The molecule has 9 nitrogen and oxygen atoms in total. The Kier molecular flexibility index (Phi) is 8.46. The lowest BCUT2D eigenvalue weighted by Gasteiger charge is -2.25. The fourth-order valence-electron chi connectivity index (χ4n) is 4.93. The third-order valence-electron chi connectivity index (χ3n) is 6.77. The quantitative estimate of drug-likeness (QED) is 0.277. The molecule has 1 atom stereocenters. The van der Waals surface area contributed by atoms with E-state index in [1.165, 1.54) is 30.1 Å². The van der Waals surface area contributed by atoms with Gasteiger partial charge in [-0.05, 0) is 55.0 Å². The number of esters is 2. The summed E-state index contributed by atoms with van der Waals surface area (Å²) in [6.07, 6.45) is 1.72. The number of carbonyl (C=O) groups is 2. The summed E-state index contributed by atoms with van der Waals surface area (Å²) < 4.78 is 23.4. The number of methoxy groups -OCH3 is 2. The van der Waals surface area contributed by atoms with Crippen LogP contribution in [0, 0.1) is 0 Å². The third-order valence-corrected chi connectivity index (χ3v) is 7.99. The summed E-state index contributed by atoms with van der Waals surface area (Å²) in [4.78, 5) is 44.2. The molecule has 0 bridgehead atoms. The molecular formula is C31H27ClN2O7S. The van der Waals surface area contributed by atoms with E-state index in [1.807, 2.05) is 30.3 Å². The number of aromatic nitrogens is 1. The molecular weight excluding hydrogens is 580 g/mol. The molecule has 42 heavy (non-hydrogen) atoms. The molecule has 3 aromatic carbocycles. The Morgan fingerprint density at radius 2 is 1.86 bits per heavy atom. The van der Waals surface area contributed by atoms with Crippen molar-refractivity contribution in [1.82, 2.24) is 4.57 Å². The topological polar surface area (TPSA) is 105 Å². The molecule has 0 N–H and O–H groups in total. The molecule has 0 radical (unpaired) electrons. The zero-order chi connectivity index (χ0) is 30.0. The summed E-state index contributed by atoms with van der Waals surface area (Å²) in [5, 5.41) is 2.15. The Balaban J connectivity index is 1.75. The maximum absolute atomic E-state index is 14.2. The van der Waals surface area contributed by atoms with Crippen molar-refractivity contribution in [2.45, 2.75) is 19.9 Å². The number of fused-ring (bicyclic) bond motifs is 2.